The molecule has 0 saturated heterocycles. The van der Waals surface area contributed by atoms with Gasteiger partial charge in [-0.2, -0.15) is 0 Å². The highest BCUT2D eigenvalue weighted by Gasteiger charge is 1.91. The van der Waals surface area contributed by atoms with Crippen molar-refractivity contribution in [1.82, 2.24) is 0 Å². The summed E-state index contributed by atoms with van der Waals surface area (Å²) >= 11 is 0. The van der Waals surface area contributed by atoms with Gasteiger partial charge in [0.1, 0.15) is 0 Å². The van der Waals surface area contributed by atoms with Crippen molar-refractivity contribution >= 4 is 5.57 Å². The first-order valence-electron chi connectivity index (χ1n) is 3.69. The zero-order valence-electron chi connectivity index (χ0n) is 6.80. The minimum atomic E-state index is 0.608. The van der Waals surface area contributed by atoms with Crippen LogP contribution in [0.1, 0.15) is 18.1 Å². The Morgan fingerprint density at radius 1 is 1.36 bits per heavy atom. The fourth-order valence-electron chi connectivity index (χ4n) is 0.925. The Kier molecular flexibility index (Phi) is 2.44. The molecule has 1 nitrogen and oxygen atoms in total. The van der Waals surface area contributed by atoms with Crippen LogP contribution in [0.15, 0.2) is 30.8 Å². The number of hydrogen-bond acceptors (Lipinski definition) is 1. The van der Waals surface area contributed by atoms with E-state index in [-0.39, 0.29) is 0 Å². The standard InChI is InChI=1S/C10H13N/c1-8(2)10-5-3-9(7-11)4-6-10/h3-6H,1,7,11H2,2H3. The van der Waals surface area contributed by atoms with Crippen LogP contribution in [0, 0.1) is 0 Å². The average Bonchev–Trinajstić information content (AvgIpc) is 2.05. The molecular formula is C10H13N. The number of rotatable bonds is 2. The molecule has 0 spiro atoms. The van der Waals surface area contributed by atoms with Gasteiger partial charge in [-0.05, 0) is 18.1 Å². The third kappa shape index (κ3) is 1.92. The first-order chi connectivity index (χ1) is 5.24. The topological polar surface area (TPSA) is 26.0 Å². The molecule has 0 saturated carbocycles. The molecule has 0 aliphatic carbocycles. The van der Waals surface area contributed by atoms with E-state index >= 15 is 0 Å². The van der Waals surface area contributed by atoms with Crippen LogP contribution in [0.25, 0.3) is 5.57 Å². The van der Waals surface area contributed by atoms with Crippen molar-refractivity contribution in [3.8, 4) is 0 Å². The SMILES string of the molecule is C=C(C)c1ccc(CN)cc1. The van der Waals surface area contributed by atoms with Crippen LogP contribution in [0.5, 0.6) is 0 Å². The van der Waals surface area contributed by atoms with Crippen molar-refractivity contribution in [3.05, 3.63) is 42.0 Å². The largest absolute Gasteiger partial charge is 0.326 e. The highest BCUT2D eigenvalue weighted by atomic mass is 14.5. The molecule has 0 aliphatic rings. The zero-order chi connectivity index (χ0) is 8.27. The Balaban J connectivity index is 2.91. The highest BCUT2D eigenvalue weighted by molar-refractivity contribution is 5.61. The summed E-state index contributed by atoms with van der Waals surface area (Å²) in [6, 6.07) is 8.16. The van der Waals surface area contributed by atoms with Gasteiger partial charge in [0, 0.05) is 6.54 Å². The molecule has 0 unspecified atom stereocenters. The molecule has 0 fully saturated rings. The Labute approximate surface area is 67.5 Å². The zero-order valence-corrected chi connectivity index (χ0v) is 6.80. The van der Waals surface area contributed by atoms with Crippen LogP contribution >= 0.6 is 0 Å². The van der Waals surface area contributed by atoms with Crippen LogP contribution in [0.2, 0.25) is 0 Å². The van der Waals surface area contributed by atoms with Gasteiger partial charge in [-0.3, -0.25) is 0 Å². The number of nitrogens with two attached hydrogens (primary N) is 1. The third-order valence-corrected chi connectivity index (χ3v) is 1.68. The molecule has 1 heteroatoms. The van der Waals surface area contributed by atoms with Crippen LogP contribution in [0.3, 0.4) is 0 Å². The van der Waals surface area contributed by atoms with Crippen molar-refractivity contribution < 1.29 is 0 Å². The first-order valence-corrected chi connectivity index (χ1v) is 3.69. The van der Waals surface area contributed by atoms with E-state index in [1.807, 2.05) is 31.2 Å². The predicted molar refractivity (Wildman–Crippen MR) is 49.0 cm³/mol. The second-order valence-corrected chi connectivity index (χ2v) is 2.68. The lowest BCUT2D eigenvalue weighted by Crippen LogP contribution is -1.95. The van der Waals surface area contributed by atoms with Gasteiger partial charge in [0.25, 0.3) is 0 Å². The lowest BCUT2D eigenvalue weighted by atomic mass is 10.1. The minimum absolute atomic E-state index is 0.608. The van der Waals surface area contributed by atoms with Crippen molar-refractivity contribution in [3.63, 3.8) is 0 Å². The molecule has 11 heavy (non-hydrogen) atoms. The highest BCUT2D eigenvalue weighted by Crippen LogP contribution is 2.11. The molecule has 0 bridgehead atoms. The predicted octanol–water partition coefficient (Wildman–Crippen LogP) is 2.18. The summed E-state index contributed by atoms with van der Waals surface area (Å²) in [5.41, 5.74) is 8.89. The lowest BCUT2D eigenvalue weighted by Gasteiger charge is -2.00. The van der Waals surface area contributed by atoms with Gasteiger partial charge in [0.2, 0.25) is 0 Å². The van der Waals surface area contributed by atoms with Gasteiger partial charge < -0.3 is 5.73 Å². The van der Waals surface area contributed by atoms with E-state index in [0.29, 0.717) is 6.54 Å². The molecule has 1 aromatic rings. The fourth-order valence-corrected chi connectivity index (χ4v) is 0.925. The Morgan fingerprint density at radius 2 is 1.91 bits per heavy atom. The smallest absolute Gasteiger partial charge is 0.0178 e. The summed E-state index contributed by atoms with van der Waals surface area (Å²) in [4.78, 5) is 0. The Morgan fingerprint density at radius 3 is 2.27 bits per heavy atom. The van der Waals surface area contributed by atoms with E-state index in [9.17, 15) is 0 Å². The molecule has 58 valence electrons. The monoisotopic (exact) mass is 147 g/mol. The maximum Gasteiger partial charge on any atom is 0.0178 e. The number of allylic oxidation sites excluding steroid dienone is 1. The van der Waals surface area contributed by atoms with Crippen LogP contribution in [0.4, 0.5) is 0 Å². The molecule has 1 rings (SSSR count). The van der Waals surface area contributed by atoms with Crippen molar-refractivity contribution in [2.45, 2.75) is 13.5 Å². The molecule has 2 N–H and O–H groups in total. The molecule has 0 radical (unpaired) electrons. The molecule has 0 aromatic heterocycles. The van der Waals surface area contributed by atoms with Crippen LogP contribution in [-0.4, -0.2) is 0 Å². The lowest BCUT2D eigenvalue weighted by molar-refractivity contribution is 1.07. The summed E-state index contributed by atoms with van der Waals surface area (Å²) in [6.45, 7) is 6.45. The second-order valence-electron chi connectivity index (χ2n) is 2.68. The van der Waals surface area contributed by atoms with Crippen LogP contribution < -0.4 is 5.73 Å². The van der Waals surface area contributed by atoms with Crippen molar-refractivity contribution in [1.29, 1.82) is 0 Å². The summed E-state index contributed by atoms with van der Waals surface area (Å²) in [7, 11) is 0. The summed E-state index contributed by atoms with van der Waals surface area (Å²) in [6.07, 6.45) is 0. The normalized spacial score (nSPS) is 9.64. The van der Waals surface area contributed by atoms with Crippen LogP contribution in [-0.2, 0) is 6.54 Å². The van der Waals surface area contributed by atoms with Gasteiger partial charge >= 0.3 is 0 Å². The average molecular weight is 147 g/mol. The van der Waals surface area contributed by atoms with E-state index < -0.39 is 0 Å². The molecule has 0 aliphatic heterocycles. The van der Waals surface area contributed by atoms with E-state index in [0.717, 1.165) is 11.1 Å². The van der Waals surface area contributed by atoms with Gasteiger partial charge in [-0.15, -0.1) is 0 Å². The van der Waals surface area contributed by atoms with Gasteiger partial charge in [0.15, 0.2) is 0 Å². The second kappa shape index (κ2) is 3.35. The molecule has 0 heterocycles. The summed E-state index contributed by atoms with van der Waals surface area (Å²) in [5.74, 6) is 0. The van der Waals surface area contributed by atoms with E-state index in [1.54, 1.807) is 0 Å². The number of benzene rings is 1. The summed E-state index contributed by atoms with van der Waals surface area (Å²) in [5, 5.41) is 0. The van der Waals surface area contributed by atoms with Gasteiger partial charge in [0.05, 0.1) is 0 Å². The quantitative estimate of drug-likeness (QED) is 0.681. The fraction of sp³-hybridized carbons (Fsp3) is 0.200. The Hall–Kier alpha value is -1.08. The maximum atomic E-state index is 5.45. The van der Waals surface area contributed by atoms with E-state index in [2.05, 4.69) is 6.58 Å². The molecule has 0 amide bonds. The van der Waals surface area contributed by atoms with Crippen molar-refractivity contribution in [2.75, 3.05) is 0 Å². The first kappa shape index (κ1) is 8.02. The van der Waals surface area contributed by atoms with Gasteiger partial charge in [-0.1, -0.05) is 36.4 Å². The summed E-state index contributed by atoms with van der Waals surface area (Å²) < 4.78 is 0. The van der Waals surface area contributed by atoms with Gasteiger partial charge in [-0.25, -0.2) is 0 Å². The third-order valence-electron chi connectivity index (χ3n) is 1.68. The minimum Gasteiger partial charge on any atom is -0.326 e. The number of hydrogen-bond donors (Lipinski definition) is 1. The Bertz CT molecular complexity index is 246. The molecule has 0 atom stereocenters. The van der Waals surface area contributed by atoms with Crippen molar-refractivity contribution in [2.24, 2.45) is 5.73 Å². The molecular weight excluding hydrogens is 134 g/mol. The van der Waals surface area contributed by atoms with E-state index in [1.165, 1.54) is 5.56 Å². The van der Waals surface area contributed by atoms with E-state index in [4.69, 9.17) is 5.73 Å². The maximum absolute atomic E-state index is 5.45. The molecule has 1 aromatic carbocycles.